The summed E-state index contributed by atoms with van der Waals surface area (Å²) in [6, 6.07) is 10.1. The molecule has 3 heterocycles. The van der Waals surface area contributed by atoms with Crippen LogP contribution >= 0.6 is 0 Å². The number of hydrogen-bond acceptors (Lipinski definition) is 9. The Morgan fingerprint density at radius 2 is 2.12 bits per heavy atom. The minimum absolute atomic E-state index is 0.0951. The highest BCUT2D eigenvalue weighted by atomic mass is 16.3. The van der Waals surface area contributed by atoms with Gasteiger partial charge in [-0.1, -0.05) is 6.07 Å². The van der Waals surface area contributed by atoms with E-state index in [9.17, 15) is 14.7 Å². The fraction of sp³-hybridized carbons (Fsp3) is 0.190. The van der Waals surface area contributed by atoms with Crippen LogP contribution in [0.3, 0.4) is 0 Å². The van der Waals surface area contributed by atoms with Crippen LogP contribution in [0.15, 0.2) is 48.8 Å². The summed E-state index contributed by atoms with van der Waals surface area (Å²) in [5.41, 5.74) is 5.01. The third kappa shape index (κ3) is 4.48. The molecule has 1 aliphatic heterocycles. The minimum atomic E-state index is -0.606. The molecule has 0 bridgehead atoms. The molecule has 3 aromatic rings. The standard InChI is InChI=1S/C21H22N8O3/c22-29-20(32)15-10-25-21(26-13-4-5-14-12(9-13)6-8-24-19(14)31)28-18(15)27-17(11-30)16-3-1-2-7-23-16/h1-5,7,9-10,17,30H,6,8,11,22H2,(H,24,31)(H,29,32)(H2,25,26,27,28). The smallest absolute Gasteiger partial charge is 0.270 e. The summed E-state index contributed by atoms with van der Waals surface area (Å²) < 4.78 is 0. The van der Waals surface area contributed by atoms with E-state index in [-0.39, 0.29) is 29.8 Å². The third-order valence-electron chi connectivity index (χ3n) is 4.99. The molecule has 0 spiro atoms. The van der Waals surface area contributed by atoms with Crippen molar-refractivity contribution in [2.24, 2.45) is 5.84 Å². The first-order valence-corrected chi connectivity index (χ1v) is 9.93. The summed E-state index contributed by atoms with van der Waals surface area (Å²) in [5.74, 6) is 5.01. The highest BCUT2D eigenvalue weighted by Crippen LogP contribution is 2.24. The van der Waals surface area contributed by atoms with Crippen LogP contribution in [0.4, 0.5) is 17.5 Å². The van der Waals surface area contributed by atoms with Crippen LogP contribution in [0.25, 0.3) is 0 Å². The van der Waals surface area contributed by atoms with Crippen LogP contribution in [0, 0.1) is 0 Å². The topological polar surface area (TPSA) is 167 Å². The number of carbonyl (C=O) groups is 2. The molecule has 0 radical (unpaired) electrons. The van der Waals surface area contributed by atoms with Crippen molar-refractivity contribution < 1.29 is 14.7 Å². The van der Waals surface area contributed by atoms with Crippen LogP contribution in [0.5, 0.6) is 0 Å². The Hall–Kier alpha value is -4.09. The van der Waals surface area contributed by atoms with E-state index >= 15 is 0 Å². The normalized spacial score (nSPS) is 13.5. The van der Waals surface area contributed by atoms with Crippen molar-refractivity contribution in [2.75, 3.05) is 23.8 Å². The zero-order chi connectivity index (χ0) is 22.5. The van der Waals surface area contributed by atoms with Gasteiger partial charge < -0.3 is 21.1 Å². The van der Waals surface area contributed by atoms with Gasteiger partial charge in [0.25, 0.3) is 11.8 Å². The molecule has 11 heteroatoms. The van der Waals surface area contributed by atoms with Crippen LogP contribution in [0.2, 0.25) is 0 Å². The summed E-state index contributed by atoms with van der Waals surface area (Å²) in [7, 11) is 0. The van der Waals surface area contributed by atoms with Crippen molar-refractivity contribution in [1.29, 1.82) is 0 Å². The Morgan fingerprint density at radius 1 is 1.25 bits per heavy atom. The van der Waals surface area contributed by atoms with Gasteiger partial charge in [0, 0.05) is 30.2 Å². The number of hydrogen-bond donors (Lipinski definition) is 6. The van der Waals surface area contributed by atoms with Crippen molar-refractivity contribution in [3.05, 3.63) is 71.2 Å². The zero-order valence-corrected chi connectivity index (χ0v) is 17.0. The Kier molecular flexibility index (Phi) is 6.19. The molecule has 1 atom stereocenters. The van der Waals surface area contributed by atoms with Crippen LogP contribution < -0.4 is 27.2 Å². The number of hydrazine groups is 1. The van der Waals surface area contributed by atoms with Crippen LogP contribution in [-0.4, -0.2) is 45.0 Å². The number of amides is 2. The second-order valence-electron chi connectivity index (χ2n) is 7.07. The quantitative estimate of drug-likeness (QED) is 0.178. The Morgan fingerprint density at radius 3 is 2.88 bits per heavy atom. The van der Waals surface area contributed by atoms with Gasteiger partial charge >= 0.3 is 0 Å². The molecule has 164 valence electrons. The van der Waals surface area contributed by atoms with Crippen LogP contribution in [0.1, 0.15) is 38.0 Å². The number of aliphatic hydroxyl groups is 1. The van der Waals surface area contributed by atoms with E-state index in [1.54, 1.807) is 36.5 Å². The lowest BCUT2D eigenvalue weighted by Crippen LogP contribution is -2.32. The lowest BCUT2D eigenvalue weighted by molar-refractivity contribution is 0.0941. The number of fused-ring (bicyclic) bond motifs is 1. The lowest BCUT2D eigenvalue weighted by atomic mass is 10.00. The van der Waals surface area contributed by atoms with E-state index < -0.39 is 11.9 Å². The van der Waals surface area contributed by atoms with E-state index in [4.69, 9.17) is 5.84 Å². The summed E-state index contributed by atoms with van der Waals surface area (Å²) in [4.78, 5) is 37.0. The molecular formula is C21H22N8O3. The number of anilines is 3. The number of carbonyl (C=O) groups excluding carboxylic acids is 2. The first kappa shape index (κ1) is 21.2. The fourth-order valence-corrected chi connectivity index (χ4v) is 3.39. The maximum Gasteiger partial charge on any atom is 0.270 e. The average Bonchev–Trinajstić information content (AvgIpc) is 2.83. The maximum absolute atomic E-state index is 12.2. The number of nitrogens with two attached hydrogens (primary N) is 1. The lowest BCUT2D eigenvalue weighted by Gasteiger charge is -2.19. The van der Waals surface area contributed by atoms with Gasteiger partial charge in [-0.15, -0.1) is 0 Å². The number of benzene rings is 1. The summed E-state index contributed by atoms with van der Waals surface area (Å²) >= 11 is 0. The number of aliphatic hydroxyl groups excluding tert-OH is 1. The number of pyridine rings is 1. The highest BCUT2D eigenvalue weighted by molar-refractivity contribution is 5.98. The number of nitrogens with one attached hydrogen (secondary N) is 4. The second-order valence-corrected chi connectivity index (χ2v) is 7.07. The highest BCUT2D eigenvalue weighted by Gasteiger charge is 2.20. The molecule has 32 heavy (non-hydrogen) atoms. The maximum atomic E-state index is 12.2. The van der Waals surface area contributed by atoms with Gasteiger partial charge in [-0.3, -0.25) is 20.0 Å². The Bertz CT molecular complexity index is 1140. The summed E-state index contributed by atoms with van der Waals surface area (Å²) in [5, 5.41) is 18.8. The molecule has 1 unspecified atom stereocenters. The predicted octanol–water partition coefficient (Wildman–Crippen LogP) is 0.650. The molecule has 0 fully saturated rings. The van der Waals surface area contributed by atoms with Crippen molar-refractivity contribution in [3.63, 3.8) is 0 Å². The molecule has 0 saturated carbocycles. The minimum Gasteiger partial charge on any atom is -0.394 e. The molecule has 2 amide bonds. The van der Waals surface area contributed by atoms with Crippen molar-refractivity contribution in [1.82, 2.24) is 25.7 Å². The van der Waals surface area contributed by atoms with Crippen molar-refractivity contribution >= 4 is 29.3 Å². The first-order valence-electron chi connectivity index (χ1n) is 9.93. The van der Waals surface area contributed by atoms with Gasteiger partial charge in [0.2, 0.25) is 5.95 Å². The summed E-state index contributed by atoms with van der Waals surface area (Å²) in [6.45, 7) is 0.305. The van der Waals surface area contributed by atoms with Gasteiger partial charge in [-0.2, -0.15) is 4.98 Å². The average molecular weight is 434 g/mol. The molecule has 7 N–H and O–H groups in total. The fourth-order valence-electron chi connectivity index (χ4n) is 3.39. The molecule has 2 aromatic heterocycles. The van der Waals surface area contributed by atoms with E-state index in [1.165, 1.54) is 6.20 Å². The first-order chi connectivity index (χ1) is 15.6. The Labute approximate surface area is 183 Å². The molecule has 0 aliphatic carbocycles. The number of rotatable bonds is 7. The van der Waals surface area contributed by atoms with Gasteiger partial charge in [0.1, 0.15) is 11.4 Å². The SMILES string of the molecule is NNC(=O)c1cnc(Nc2ccc3c(c2)CCNC3=O)nc1NC(CO)c1ccccn1. The monoisotopic (exact) mass is 434 g/mol. The van der Waals surface area contributed by atoms with E-state index in [0.29, 0.717) is 23.5 Å². The van der Waals surface area contributed by atoms with Crippen LogP contribution in [-0.2, 0) is 6.42 Å². The molecular weight excluding hydrogens is 412 g/mol. The molecule has 1 aliphatic rings. The zero-order valence-electron chi connectivity index (χ0n) is 17.0. The van der Waals surface area contributed by atoms with E-state index in [0.717, 1.165) is 12.0 Å². The number of aromatic nitrogens is 3. The van der Waals surface area contributed by atoms with E-state index in [2.05, 4.69) is 36.3 Å². The van der Waals surface area contributed by atoms with Gasteiger partial charge in [-0.05, 0) is 42.3 Å². The van der Waals surface area contributed by atoms with Crippen molar-refractivity contribution in [3.8, 4) is 0 Å². The second kappa shape index (κ2) is 9.37. The van der Waals surface area contributed by atoms with E-state index in [1.807, 2.05) is 6.07 Å². The number of nitrogen functional groups attached to an aromatic ring is 1. The predicted molar refractivity (Wildman–Crippen MR) is 117 cm³/mol. The molecule has 1 aromatic carbocycles. The van der Waals surface area contributed by atoms with Gasteiger partial charge in [-0.25, -0.2) is 10.8 Å². The largest absolute Gasteiger partial charge is 0.394 e. The molecule has 4 rings (SSSR count). The van der Waals surface area contributed by atoms with Gasteiger partial charge in [0.05, 0.1) is 18.3 Å². The summed E-state index contributed by atoms with van der Waals surface area (Å²) in [6.07, 6.45) is 3.66. The van der Waals surface area contributed by atoms with Crippen molar-refractivity contribution in [2.45, 2.75) is 12.5 Å². The molecule has 11 nitrogen and oxygen atoms in total. The molecule has 0 saturated heterocycles. The van der Waals surface area contributed by atoms with Gasteiger partial charge in [0.15, 0.2) is 0 Å². The third-order valence-corrected chi connectivity index (χ3v) is 4.99. The number of nitrogens with zero attached hydrogens (tertiary/aromatic N) is 3. The Balaban J connectivity index is 1.63.